The standard InChI is InChI=1S/C54H62N6O9S.C33H37N3O7S2/c61-44(12-4-6-16-50-53-46(37-70-50)56-54(66)57-53)13-7-29-67-31-33-69-34-32-68-30-8-15-48(62)41-20-22-43(23-21-41)58-59-45-35-38(17-24-49(45)63)27-28-55-51(64)25-26-52(65)60-36-42-11-2-1-9-39(42)18-19-40-10-3-5-14-47(40)60;37-25(11-4-6-14-29-32-26(21-44-29)34-33(40)35-32)18-19-30(45(41,42)43)28(38)13-7-15-31(39)36-20-24-10-2-1-8-22(24)16-17-23-9-3-5-12-27(23)36/h1-3,5,9-11,14,17,20-24,35,46,50,53,63H,4,6-8,12-13,15-16,25-34,36-37H2,(H,55,64)(H2,56,57,66);1-3,5,8-10,12,26,29-30,32H,4,6-7,11,13-15,18-21H2,(H2,34,35,40)(H,41,42,43)/t46-,50-,53-;26-,29-,30?,32-/m00/s1. The molecule has 6 aromatic carbocycles. The maximum absolute atomic E-state index is 13.5. The fourth-order valence-corrected chi connectivity index (χ4v) is 18.5. The summed E-state index contributed by atoms with van der Waals surface area (Å²) in [4.78, 5) is 117. The van der Waals surface area contributed by atoms with Gasteiger partial charge in [0.15, 0.2) is 11.6 Å². The van der Waals surface area contributed by atoms with Crippen molar-refractivity contribution in [1.29, 1.82) is 0 Å². The lowest BCUT2D eigenvalue weighted by Crippen LogP contribution is -2.36. The number of fused-ring (bicyclic) bond motifs is 6. The van der Waals surface area contributed by atoms with Crippen molar-refractivity contribution < 1.29 is 75.4 Å². The van der Waals surface area contributed by atoms with Crippen molar-refractivity contribution in [3.8, 4) is 29.4 Å². The molecule has 0 radical (unpaired) electrons. The van der Waals surface area contributed by atoms with Crippen LogP contribution in [0, 0.1) is 23.7 Å². The van der Waals surface area contributed by atoms with Gasteiger partial charge in [-0.2, -0.15) is 37.1 Å². The number of para-hydroxylation sites is 2. The van der Waals surface area contributed by atoms with Crippen LogP contribution in [0.1, 0.15) is 171 Å². The molecule has 4 saturated heterocycles. The minimum atomic E-state index is -4.72. The van der Waals surface area contributed by atoms with Gasteiger partial charge < -0.3 is 55.7 Å². The maximum atomic E-state index is 13.5. The highest BCUT2D eigenvalue weighted by atomic mass is 32.2. The molecule has 1 unspecified atom stereocenters. The number of Topliss-reactive ketones (excluding diaryl/α,β-unsaturated/α-hetero) is 4. The van der Waals surface area contributed by atoms with E-state index in [9.17, 15) is 61.2 Å². The zero-order valence-corrected chi connectivity index (χ0v) is 66.8. The third kappa shape index (κ3) is 26.0. The van der Waals surface area contributed by atoms with Crippen LogP contribution in [0.5, 0.6) is 5.75 Å². The topological polar surface area (TPSA) is 347 Å². The second kappa shape index (κ2) is 43.6. The number of ether oxygens (including phenoxy) is 3. The smallest absolute Gasteiger partial charge is 0.315 e. The molecule has 28 heteroatoms. The van der Waals surface area contributed by atoms with E-state index in [0.29, 0.717) is 137 Å². The van der Waals surface area contributed by atoms with Crippen LogP contribution in [0.15, 0.2) is 150 Å². The van der Waals surface area contributed by atoms with Gasteiger partial charge in [0, 0.05) is 127 Å². The van der Waals surface area contributed by atoms with E-state index in [-0.39, 0.29) is 134 Å². The summed E-state index contributed by atoms with van der Waals surface area (Å²) in [5.74, 6) is 13.2. The molecule has 6 aliphatic heterocycles. The normalized spacial score (nSPS) is 18.3. The number of rotatable bonds is 42. The van der Waals surface area contributed by atoms with Crippen molar-refractivity contribution in [2.45, 2.75) is 181 Å². The number of phenolic OH excluding ortho intramolecular Hbond substituents is 1. The highest BCUT2D eigenvalue weighted by molar-refractivity contribution is 8.00. The molecular weight excluding hydrogens is 1520 g/mol. The Hall–Kier alpha value is -10.0. The van der Waals surface area contributed by atoms with Crippen molar-refractivity contribution in [1.82, 2.24) is 26.6 Å². The zero-order chi connectivity index (χ0) is 80.9. The van der Waals surface area contributed by atoms with Crippen LogP contribution in [0.2, 0.25) is 0 Å². The minimum absolute atomic E-state index is 0.00652. The van der Waals surface area contributed by atoms with Gasteiger partial charge in [0.1, 0.15) is 28.3 Å². The Morgan fingerprint density at radius 1 is 0.522 bits per heavy atom. The van der Waals surface area contributed by atoms with Gasteiger partial charge in [-0.25, -0.2) is 9.59 Å². The van der Waals surface area contributed by atoms with Crippen LogP contribution in [0.25, 0.3) is 0 Å². The van der Waals surface area contributed by atoms with Gasteiger partial charge in [-0.05, 0) is 147 Å². The van der Waals surface area contributed by atoms with Crippen molar-refractivity contribution in [3.63, 3.8) is 0 Å². The van der Waals surface area contributed by atoms with E-state index in [1.54, 1.807) is 58.0 Å². The van der Waals surface area contributed by atoms with E-state index in [0.717, 1.165) is 82.7 Å². The number of thioether (sulfide) groups is 2. The molecule has 7 atom stereocenters. The predicted octanol–water partition coefficient (Wildman–Crippen LogP) is 12.3. The summed E-state index contributed by atoms with van der Waals surface area (Å²) in [5.41, 5.74) is 8.57. The molecule has 4 fully saturated rings. The first-order valence-electron chi connectivity index (χ1n) is 39.6. The highest BCUT2D eigenvalue weighted by Gasteiger charge is 2.44. The average molecular weight is 1620 g/mol. The molecular formula is C87H99N9O16S3. The second-order valence-corrected chi connectivity index (χ2v) is 33.3. The summed E-state index contributed by atoms with van der Waals surface area (Å²) < 4.78 is 50.7. The van der Waals surface area contributed by atoms with Crippen LogP contribution in [-0.4, -0.2) is 169 Å². The predicted molar refractivity (Wildman–Crippen MR) is 441 cm³/mol. The Morgan fingerprint density at radius 2 is 1.02 bits per heavy atom. The lowest BCUT2D eigenvalue weighted by Gasteiger charge is -2.26. The number of hydrogen-bond donors (Lipinski definition) is 7. The lowest BCUT2D eigenvalue weighted by molar-refractivity contribution is -0.125. The Balaban J connectivity index is 0.000000249. The first-order valence-corrected chi connectivity index (χ1v) is 43.2. The molecule has 606 valence electrons. The quantitative estimate of drug-likeness (QED) is 0.00467. The molecule has 0 aliphatic carbocycles. The number of unbranched alkanes of at least 4 members (excludes halogenated alkanes) is 2. The fourth-order valence-electron chi connectivity index (χ4n) is 14.6. The number of carbonyl (C=O) groups is 9. The molecule has 0 bridgehead atoms. The zero-order valence-electron chi connectivity index (χ0n) is 64.4. The fraction of sp³-hybridized carbons (Fsp3) is 0.437. The SMILES string of the molecule is O=C(CCCC[C@@H]1SC[C@@H]2NC(=O)N[C@@H]21)CCC(C(=O)CCCC(=O)N1Cc2ccccc2C#Cc2ccccc21)S(=O)(=O)O.O=C(CCCC[C@@H]1SC[C@@H]2NC(=O)N[C@@H]21)CCCOCCOCCOCCCC(=O)c1ccc(N=Nc2cc(CCNC(=O)CCC(=O)N3Cc4ccccc4C#Cc4ccccc43)ccc2O)cc1. The number of anilines is 2. The number of nitrogens with zero attached hydrogens (tertiary/aromatic N) is 4. The third-order valence-electron chi connectivity index (χ3n) is 20.8. The summed E-state index contributed by atoms with van der Waals surface area (Å²) in [6.07, 6.45) is 8.10. The minimum Gasteiger partial charge on any atom is -0.506 e. The van der Waals surface area contributed by atoms with Crippen LogP contribution in [0.3, 0.4) is 0 Å². The number of phenols is 1. The molecule has 6 aliphatic rings. The van der Waals surface area contributed by atoms with Crippen molar-refractivity contribution >= 4 is 109 Å². The molecule has 0 aromatic heterocycles. The van der Waals surface area contributed by atoms with Crippen LogP contribution in [-0.2, 0) is 72.6 Å². The van der Waals surface area contributed by atoms with E-state index >= 15 is 0 Å². The molecule has 25 nitrogen and oxygen atoms in total. The van der Waals surface area contributed by atoms with Crippen molar-refractivity contribution in [2.24, 2.45) is 10.2 Å². The van der Waals surface area contributed by atoms with Crippen LogP contribution >= 0.6 is 23.5 Å². The van der Waals surface area contributed by atoms with Gasteiger partial charge in [-0.15, -0.1) is 5.11 Å². The van der Waals surface area contributed by atoms with Crippen molar-refractivity contribution in [2.75, 3.05) is 67.5 Å². The summed E-state index contributed by atoms with van der Waals surface area (Å²) in [6.45, 7) is 3.67. The van der Waals surface area contributed by atoms with E-state index in [1.807, 2.05) is 109 Å². The molecule has 115 heavy (non-hydrogen) atoms. The first-order chi connectivity index (χ1) is 55.8. The Morgan fingerprint density at radius 3 is 1.58 bits per heavy atom. The number of aromatic hydroxyl groups is 1. The molecule has 6 heterocycles. The van der Waals surface area contributed by atoms with Crippen LogP contribution in [0.4, 0.5) is 32.3 Å². The maximum Gasteiger partial charge on any atom is 0.315 e. The van der Waals surface area contributed by atoms with Gasteiger partial charge in [0.2, 0.25) is 17.7 Å². The van der Waals surface area contributed by atoms with E-state index in [2.05, 4.69) is 60.5 Å². The number of hydrogen-bond acceptors (Lipinski definition) is 19. The number of carbonyl (C=O) groups excluding carboxylic acids is 9. The number of benzene rings is 6. The van der Waals surface area contributed by atoms with Gasteiger partial charge in [-0.3, -0.25) is 38.1 Å². The Kier molecular flexibility index (Phi) is 32.6. The summed E-state index contributed by atoms with van der Waals surface area (Å²) in [7, 11) is -4.72. The number of amides is 7. The largest absolute Gasteiger partial charge is 0.506 e. The molecule has 7 amide bonds. The molecule has 0 saturated carbocycles. The van der Waals surface area contributed by atoms with Crippen molar-refractivity contribution in [3.05, 3.63) is 184 Å². The lowest BCUT2D eigenvalue weighted by atomic mass is 10.00. The summed E-state index contributed by atoms with van der Waals surface area (Å²) in [6, 6.07) is 42.5. The number of azo groups is 1. The van der Waals surface area contributed by atoms with Gasteiger partial charge in [0.25, 0.3) is 10.1 Å². The number of ketones is 4. The van der Waals surface area contributed by atoms with E-state index < -0.39 is 21.2 Å². The van der Waals surface area contributed by atoms with E-state index in [1.165, 1.54) is 6.07 Å². The van der Waals surface area contributed by atoms with Gasteiger partial charge in [0.05, 0.1) is 80.7 Å². The number of nitrogens with one attached hydrogen (secondary N) is 5. The number of urea groups is 2. The average Bonchev–Trinajstić information content (AvgIpc) is 1.80. The monoisotopic (exact) mass is 1620 g/mol. The Labute approximate surface area is 679 Å². The Bertz CT molecular complexity index is 4730. The summed E-state index contributed by atoms with van der Waals surface area (Å²) >= 11 is 3.71. The molecule has 0 spiro atoms. The highest BCUT2D eigenvalue weighted by Crippen LogP contribution is 2.36. The third-order valence-corrected chi connectivity index (χ3v) is 25.0. The molecule has 12 rings (SSSR count). The first kappa shape index (κ1) is 85.8. The van der Waals surface area contributed by atoms with Crippen LogP contribution < -0.4 is 36.4 Å². The molecule has 6 aromatic rings. The molecule has 7 N–H and O–H groups in total. The van der Waals surface area contributed by atoms with Gasteiger partial charge >= 0.3 is 12.1 Å². The second-order valence-electron chi connectivity index (χ2n) is 29.1. The van der Waals surface area contributed by atoms with E-state index in [4.69, 9.17) is 14.2 Å². The summed E-state index contributed by atoms with van der Waals surface area (Å²) in [5, 5.41) is 32.7. The van der Waals surface area contributed by atoms with Gasteiger partial charge in [-0.1, -0.05) is 103 Å².